The van der Waals surface area contributed by atoms with Gasteiger partial charge in [0.05, 0.1) is 13.2 Å². The van der Waals surface area contributed by atoms with Crippen LogP contribution in [0.4, 0.5) is 4.39 Å². The van der Waals surface area contributed by atoms with Crippen molar-refractivity contribution in [2.24, 2.45) is 11.3 Å². The molecule has 0 N–H and O–H groups in total. The summed E-state index contributed by atoms with van der Waals surface area (Å²) in [5, 5.41) is 0. The van der Waals surface area contributed by atoms with E-state index in [1.165, 1.54) is 12.1 Å². The molecule has 0 spiro atoms. The van der Waals surface area contributed by atoms with Gasteiger partial charge in [-0.15, -0.1) is 0 Å². The van der Waals surface area contributed by atoms with Crippen LogP contribution in [-0.4, -0.2) is 37.1 Å². The van der Waals surface area contributed by atoms with Gasteiger partial charge in [-0.05, 0) is 32.4 Å². The van der Waals surface area contributed by atoms with Crippen molar-refractivity contribution in [2.75, 3.05) is 13.2 Å². The zero-order valence-electron chi connectivity index (χ0n) is 13.4. The molecule has 1 unspecified atom stereocenters. The molecule has 0 bridgehead atoms. The second kappa shape index (κ2) is 7.42. The number of rotatable bonds is 7. The Balaban J connectivity index is 2.41. The lowest BCUT2D eigenvalue weighted by molar-refractivity contribution is -0.161. The van der Waals surface area contributed by atoms with Crippen molar-refractivity contribution >= 4 is 33.7 Å². The molecule has 0 radical (unpaired) electrons. The van der Waals surface area contributed by atoms with E-state index >= 15 is 0 Å². The molecule has 1 aromatic carbocycles. The maximum atomic E-state index is 14.1. The van der Waals surface area contributed by atoms with E-state index in [1.54, 1.807) is 26.0 Å². The number of hydrogen-bond acceptors (Lipinski definition) is 5. The third-order valence-corrected chi connectivity index (χ3v) is 4.53. The average molecular weight is 401 g/mol. The van der Waals surface area contributed by atoms with Crippen molar-refractivity contribution in [1.29, 1.82) is 0 Å². The maximum Gasteiger partial charge on any atom is 0.318 e. The van der Waals surface area contributed by atoms with E-state index in [1.807, 2.05) is 0 Å². The van der Waals surface area contributed by atoms with Gasteiger partial charge in [-0.25, -0.2) is 4.39 Å². The van der Waals surface area contributed by atoms with E-state index < -0.39 is 35.2 Å². The first-order chi connectivity index (χ1) is 11.4. The summed E-state index contributed by atoms with van der Waals surface area (Å²) in [6, 6.07) is 6.28. The fourth-order valence-electron chi connectivity index (χ4n) is 2.69. The second-order valence-electron chi connectivity index (χ2n) is 5.49. The van der Waals surface area contributed by atoms with Gasteiger partial charge in [-0.3, -0.25) is 14.4 Å². The Morgan fingerprint density at radius 1 is 1.21 bits per heavy atom. The predicted molar refractivity (Wildman–Crippen MR) is 87.2 cm³/mol. The molecule has 0 aliphatic heterocycles. The van der Waals surface area contributed by atoms with Gasteiger partial charge in [0.25, 0.3) is 0 Å². The average Bonchev–Trinajstić information content (AvgIpc) is 3.20. The molecule has 1 fully saturated rings. The minimum Gasteiger partial charge on any atom is -0.465 e. The van der Waals surface area contributed by atoms with Crippen LogP contribution in [0.15, 0.2) is 28.7 Å². The molecule has 0 amide bonds. The summed E-state index contributed by atoms with van der Waals surface area (Å²) in [5.41, 5.74) is -1.58. The van der Waals surface area contributed by atoms with Crippen molar-refractivity contribution in [3.63, 3.8) is 0 Å². The first-order valence-corrected chi connectivity index (χ1v) is 8.45. The molecule has 5 nitrogen and oxygen atoms in total. The summed E-state index contributed by atoms with van der Waals surface area (Å²) in [6.45, 7) is 3.22. The van der Waals surface area contributed by atoms with Crippen molar-refractivity contribution < 1.29 is 28.2 Å². The van der Waals surface area contributed by atoms with Crippen LogP contribution >= 0.6 is 15.9 Å². The molecule has 0 heterocycles. The smallest absolute Gasteiger partial charge is 0.318 e. The number of ketones is 1. The Labute approximate surface area is 147 Å². The Morgan fingerprint density at radius 2 is 1.75 bits per heavy atom. The summed E-state index contributed by atoms with van der Waals surface area (Å²) in [5.74, 6) is -3.97. The lowest BCUT2D eigenvalue weighted by atomic mass is 9.82. The maximum absolute atomic E-state index is 14.1. The third kappa shape index (κ3) is 3.36. The van der Waals surface area contributed by atoms with Gasteiger partial charge in [-0.2, -0.15) is 0 Å². The number of esters is 2. The highest BCUT2D eigenvalue weighted by molar-refractivity contribution is 9.10. The number of Topliss-reactive ketones (excluding diaryl/α,β-unsaturated/α-hetero) is 1. The topological polar surface area (TPSA) is 69.7 Å². The van der Waals surface area contributed by atoms with Gasteiger partial charge >= 0.3 is 11.9 Å². The summed E-state index contributed by atoms with van der Waals surface area (Å²) >= 11 is 3.25. The Hall–Kier alpha value is -1.76. The monoisotopic (exact) mass is 400 g/mol. The third-order valence-electron chi connectivity index (χ3n) is 4.00. The fourth-order valence-corrected chi connectivity index (χ4v) is 2.95. The first-order valence-electron chi connectivity index (χ1n) is 7.66. The summed E-state index contributed by atoms with van der Waals surface area (Å²) in [6.07, 6.45) is -1.83. The lowest BCUT2D eigenvalue weighted by Gasteiger charge is -2.22. The predicted octanol–water partition coefficient (Wildman–Crippen LogP) is 3.10. The molecule has 130 valence electrons. The number of alkyl halides is 1. The van der Waals surface area contributed by atoms with Crippen LogP contribution < -0.4 is 0 Å². The largest absolute Gasteiger partial charge is 0.465 e. The van der Waals surface area contributed by atoms with Gasteiger partial charge in [0.1, 0.15) is 17.5 Å². The Kier molecular flexibility index (Phi) is 5.74. The molecular formula is C17H18BrFO5. The van der Waals surface area contributed by atoms with Gasteiger partial charge in [-0.1, -0.05) is 28.1 Å². The Morgan fingerprint density at radius 3 is 2.21 bits per heavy atom. The van der Waals surface area contributed by atoms with Crippen LogP contribution in [-0.2, 0) is 19.1 Å². The van der Waals surface area contributed by atoms with E-state index in [0.717, 1.165) is 4.47 Å². The summed E-state index contributed by atoms with van der Waals surface area (Å²) in [7, 11) is 0. The number of carbonyl (C=O) groups is 3. The van der Waals surface area contributed by atoms with Crippen LogP contribution in [0.3, 0.4) is 0 Å². The zero-order valence-corrected chi connectivity index (χ0v) is 15.0. The normalized spacial score (nSPS) is 23.2. The van der Waals surface area contributed by atoms with Crippen LogP contribution in [0.25, 0.3) is 0 Å². The first kappa shape index (κ1) is 18.6. The zero-order chi connectivity index (χ0) is 17.9. The van der Waals surface area contributed by atoms with Crippen molar-refractivity contribution in [3.05, 3.63) is 34.3 Å². The van der Waals surface area contributed by atoms with E-state index in [-0.39, 0.29) is 25.2 Å². The van der Waals surface area contributed by atoms with Crippen LogP contribution in [0.2, 0.25) is 0 Å². The van der Waals surface area contributed by atoms with Crippen LogP contribution in [0.5, 0.6) is 0 Å². The minimum atomic E-state index is -1.79. The van der Waals surface area contributed by atoms with Crippen LogP contribution in [0.1, 0.15) is 30.6 Å². The molecule has 1 saturated carbocycles. The molecule has 0 aromatic heterocycles. The number of benzene rings is 1. The quantitative estimate of drug-likeness (QED) is 0.399. The fraction of sp³-hybridized carbons (Fsp3) is 0.471. The van der Waals surface area contributed by atoms with Gasteiger partial charge in [0.15, 0.2) is 5.78 Å². The van der Waals surface area contributed by atoms with Gasteiger partial charge < -0.3 is 9.47 Å². The lowest BCUT2D eigenvalue weighted by Crippen LogP contribution is -2.41. The van der Waals surface area contributed by atoms with E-state index in [0.29, 0.717) is 0 Å². The minimum absolute atomic E-state index is 0.0266. The molecular weight excluding hydrogens is 383 g/mol. The molecule has 7 heteroatoms. The second-order valence-corrected chi connectivity index (χ2v) is 6.40. The van der Waals surface area contributed by atoms with Crippen LogP contribution in [0, 0.1) is 11.3 Å². The van der Waals surface area contributed by atoms with Crippen molar-refractivity contribution in [1.82, 2.24) is 0 Å². The highest BCUT2D eigenvalue weighted by Crippen LogP contribution is 2.56. The number of halogens is 2. The number of carbonyl (C=O) groups excluding carboxylic acids is 3. The van der Waals surface area contributed by atoms with Crippen molar-refractivity contribution in [3.8, 4) is 0 Å². The molecule has 24 heavy (non-hydrogen) atoms. The standard InChI is InChI=1S/C17H18BrFO5/c1-3-23-15(21)13(14(20)10-5-7-11(18)8-6-10)17(9-12(17)19)16(22)24-4-2/h5-8,12-13H,3-4,9H2,1-2H3/t12-,13?,17+/m1/s1. The molecule has 1 aliphatic rings. The molecule has 3 atom stereocenters. The number of hydrogen-bond donors (Lipinski definition) is 0. The van der Waals surface area contributed by atoms with Gasteiger partial charge in [0, 0.05) is 10.0 Å². The summed E-state index contributed by atoms with van der Waals surface area (Å²) < 4.78 is 24.7. The molecule has 0 saturated heterocycles. The highest BCUT2D eigenvalue weighted by Gasteiger charge is 2.71. The SMILES string of the molecule is CCOC(=O)C(C(=O)c1ccc(Br)cc1)[C@]1(C(=O)OCC)C[C@H]1F. The van der Waals surface area contributed by atoms with E-state index in [9.17, 15) is 18.8 Å². The highest BCUT2D eigenvalue weighted by atomic mass is 79.9. The molecule has 1 aromatic rings. The van der Waals surface area contributed by atoms with E-state index in [2.05, 4.69) is 15.9 Å². The van der Waals surface area contributed by atoms with E-state index in [4.69, 9.17) is 9.47 Å². The summed E-state index contributed by atoms with van der Waals surface area (Å²) in [4.78, 5) is 37.4. The number of ether oxygens (including phenoxy) is 2. The van der Waals surface area contributed by atoms with Gasteiger partial charge in [0.2, 0.25) is 0 Å². The Bertz CT molecular complexity index is 645. The molecule has 2 rings (SSSR count). The molecule has 1 aliphatic carbocycles. The van der Waals surface area contributed by atoms with Crippen molar-refractivity contribution in [2.45, 2.75) is 26.4 Å².